The van der Waals surface area contributed by atoms with Crippen molar-refractivity contribution in [2.75, 3.05) is 0 Å². The first-order valence-electron chi connectivity index (χ1n) is 7.07. The number of aliphatic hydroxyl groups is 1. The van der Waals surface area contributed by atoms with Crippen LogP contribution in [0.3, 0.4) is 0 Å². The van der Waals surface area contributed by atoms with Gasteiger partial charge in [-0.3, -0.25) is 0 Å². The molecule has 1 aromatic heterocycles. The molecule has 3 rings (SSSR count). The van der Waals surface area contributed by atoms with E-state index in [1.54, 1.807) is 0 Å². The quantitative estimate of drug-likeness (QED) is 0.799. The van der Waals surface area contributed by atoms with Gasteiger partial charge in [0.1, 0.15) is 5.69 Å². The van der Waals surface area contributed by atoms with Crippen LogP contribution in [0.15, 0.2) is 54.6 Å². The minimum Gasteiger partial charge on any atom is -0.390 e. The van der Waals surface area contributed by atoms with Crippen molar-refractivity contribution in [3.8, 4) is 11.3 Å². The highest BCUT2D eigenvalue weighted by Crippen LogP contribution is 2.32. The van der Waals surface area contributed by atoms with Gasteiger partial charge in [-0.1, -0.05) is 65.3 Å². The molecule has 4 nitrogen and oxygen atoms in total. The van der Waals surface area contributed by atoms with Crippen LogP contribution in [0.5, 0.6) is 0 Å². The molecule has 0 bridgehead atoms. The number of nitrogens with zero attached hydrogens (tertiary/aromatic N) is 3. The molecule has 1 heterocycles. The van der Waals surface area contributed by atoms with Crippen LogP contribution < -0.4 is 0 Å². The summed E-state index contributed by atoms with van der Waals surface area (Å²) in [5, 5.41) is 18.5. The highest BCUT2D eigenvalue weighted by Gasteiger charge is 2.20. The van der Waals surface area contributed by atoms with Crippen LogP contribution in [-0.4, -0.2) is 20.1 Å². The van der Waals surface area contributed by atoms with Gasteiger partial charge in [0.15, 0.2) is 0 Å². The molecule has 0 fully saturated rings. The molecule has 0 radical (unpaired) electrons. The molecule has 5 heteroatoms. The van der Waals surface area contributed by atoms with Gasteiger partial charge in [-0.15, -0.1) is 5.10 Å². The van der Waals surface area contributed by atoms with E-state index < -0.39 is 0 Å². The molecule has 0 saturated carbocycles. The largest absolute Gasteiger partial charge is 0.390 e. The van der Waals surface area contributed by atoms with Crippen LogP contribution in [0.2, 0.25) is 5.02 Å². The Kier molecular flexibility index (Phi) is 4.22. The highest BCUT2D eigenvalue weighted by atomic mass is 35.5. The number of aromatic nitrogens is 3. The fraction of sp³-hybridized carbons (Fsp3) is 0.176. The molecule has 0 aliphatic heterocycles. The fourth-order valence-corrected chi connectivity index (χ4v) is 2.73. The Morgan fingerprint density at radius 1 is 1.09 bits per heavy atom. The summed E-state index contributed by atoms with van der Waals surface area (Å²) in [7, 11) is 0. The highest BCUT2D eigenvalue weighted by molar-refractivity contribution is 6.33. The van der Waals surface area contributed by atoms with E-state index in [4.69, 9.17) is 11.6 Å². The van der Waals surface area contributed by atoms with Crippen molar-refractivity contribution in [3.05, 3.63) is 70.9 Å². The first kappa shape index (κ1) is 14.8. The monoisotopic (exact) mass is 313 g/mol. The van der Waals surface area contributed by atoms with E-state index in [1.165, 1.54) is 0 Å². The van der Waals surface area contributed by atoms with Gasteiger partial charge in [-0.25, -0.2) is 4.68 Å². The lowest BCUT2D eigenvalue weighted by atomic mass is 10.1. The van der Waals surface area contributed by atoms with E-state index in [2.05, 4.69) is 10.3 Å². The Morgan fingerprint density at radius 3 is 2.45 bits per heavy atom. The molecular formula is C17H16ClN3O. The lowest BCUT2D eigenvalue weighted by molar-refractivity contribution is 0.277. The zero-order chi connectivity index (χ0) is 15.5. The van der Waals surface area contributed by atoms with Crippen LogP contribution in [0.25, 0.3) is 11.3 Å². The fourth-order valence-electron chi connectivity index (χ4n) is 2.51. The molecule has 0 aliphatic rings. The van der Waals surface area contributed by atoms with Crippen molar-refractivity contribution in [1.29, 1.82) is 0 Å². The zero-order valence-corrected chi connectivity index (χ0v) is 12.9. The van der Waals surface area contributed by atoms with Crippen molar-refractivity contribution in [2.45, 2.75) is 19.6 Å². The van der Waals surface area contributed by atoms with Crippen LogP contribution >= 0.6 is 11.6 Å². The van der Waals surface area contributed by atoms with Crippen molar-refractivity contribution in [1.82, 2.24) is 15.0 Å². The van der Waals surface area contributed by atoms with Gasteiger partial charge in [0.25, 0.3) is 0 Å². The SMILES string of the molecule is CC(c1ccccc1)n1nnc(CO)c1-c1ccccc1Cl. The van der Waals surface area contributed by atoms with Gasteiger partial charge in [0.2, 0.25) is 0 Å². The third-order valence-corrected chi connectivity index (χ3v) is 4.02. The van der Waals surface area contributed by atoms with Gasteiger partial charge in [-0.2, -0.15) is 0 Å². The standard InChI is InChI=1S/C17H16ClN3O/c1-12(13-7-3-2-4-8-13)21-17(16(11-22)19-20-21)14-9-5-6-10-15(14)18/h2-10,12,22H,11H2,1H3. The van der Waals surface area contributed by atoms with Gasteiger partial charge >= 0.3 is 0 Å². The summed E-state index contributed by atoms with van der Waals surface area (Å²) < 4.78 is 1.81. The van der Waals surface area contributed by atoms with E-state index in [9.17, 15) is 5.11 Å². The first-order valence-corrected chi connectivity index (χ1v) is 7.45. The van der Waals surface area contributed by atoms with Crippen molar-refractivity contribution in [3.63, 3.8) is 0 Å². The predicted molar refractivity (Wildman–Crippen MR) is 86.6 cm³/mol. The van der Waals surface area contributed by atoms with E-state index >= 15 is 0 Å². The number of benzene rings is 2. The Balaban J connectivity index is 2.14. The number of halogens is 1. The normalized spacial score (nSPS) is 12.3. The predicted octanol–water partition coefficient (Wildman–Crippen LogP) is 3.70. The molecule has 3 aromatic rings. The molecule has 0 amide bonds. The molecule has 2 aromatic carbocycles. The van der Waals surface area contributed by atoms with Gasteiger partial charge in [0.05, 0.1) is 23.4 Å². The Hall–Kier alpha value is -2.17. The Labute approximate surface area is 134 Å². The summed E-state index contributed by atoms with van der Waals surface area (Å²) in [4.78, 5) is 0. The van der Waals surface area contributed by atoms with Crippen LogP contribution in [0.1, 0.15) is 24.2 Å². The van der Waals surface area contributed by atoms with Crippen molar-refractivity contribution in [2.24, 2.45) is 0 Å². The third-order valence-electron chi connectivity index (χ3n) is 3.69. The lowest BCUT2D eigenvalue weighted by Crippen LogP contribution is -2.10. The molecular weight excluding hydrogens is 298 g/mol. The van der Waals surface area contributed by atoms with Crippen LogP contribution in [0.4, 0.5) is 0 Å². The molecule has 112 valence electrons. The van der Waals surface area contributed by atoms with E-state index in [-0.39, 0.29) is 12.6 Å². The topological polar surface area (TPSA) is 50.9 Å². The van der Waals surface area contributed by atoms with E-state index in [0.717, 1.165) is 16.8 Å². The van der Waals surface area contributed by atoms with Crippen LogP contribution in [0, 0.1) is 0 Å². The second kappa shape index (κ2) is 6.30. The van der Waals surface area contributed by atoms with E-state index in [1.807, 2.05) is 66.2 Å². The second-order valence-electron chi connectivity index (χ2n) is 5.05. The zero-order valence-electron chi connectivity index (χ0n) is 12.1. The Bertz CT molecular complexity index is 771. The summed E-state index contributed by atoms with van der Waals surface area (Å²) in [6.07, 6.45) is 0. The molecule has 1 atom stereocenters. The van der Waals surface area contributed by atoms with E-state index in [0.29, 0.717) is 10.7 Å². The molecule has 1 N–H and O–H groups in total. The minimum absolute atomic E-state index is 0.0136. The molecule has 0 aliphatic carbocycles. The maximum Gasteiger partial charge on any atom is 0.116 e. The summed E-state index contributed by atoms with van der Waals surface area (Å²) in [6.45, 7) is 1.87. The molecule has 0 saturated heterocycles. The first-order chi connectivity index (χ1) is 10.7. The summed E-state index contributed by atoms with van der Waals surface area (Å²) in [5.41, 5.74) is 3.21. The lowest BCUT2D eigenvalue weighted by Gasteiger charge is -2.16. The summed E-state index contributed by atoms with van der Waals surface area (Å²) >= 11 is 6.32. The average molecular weight is 314 g/mol. The number of hydrogen-bond donors (Lipinski definition) is 1. The Morgan fingerprint density at radius 2 is 1.77 bits per heavy atom. The molecule has 0 spiro atoms. The average Bonchev–Trinajstić information content (AvgIpc) is 2.99. The summed E-state index contributed by atoms with van der Waals surface area (Å²) in [6, 6.07) is 17.5. The maximum absolute atomic E-state index is 9.58. The smallest absolute Gasteiger partial charge is 0.116 e. The summed E-state index contributed by atoms with van der Waals surface area (Å²) in [5.74, 6) is 0. The van der Waals surface area contributed by atoms with Gasteiger partial charge in [0, 0.05) is 5.56 Å². The number of rotatable bonds is 4. The second-order valence-corrected chi connectivity index (χ2v) is 5.46. The van der Waals surface area contributed by atoms with Gasteiger partial charge in [-0.05, 0) is 18.6 Å². The minimum atomic E-state index is -0.179. The van der Waals surface area contributed by atoms with Crippen LogP contribution in [-0.2, 0) is 6.61 Å². The van der Waals surface area contributed by atoms with Crippen molar-refractivity contribution < 1.29 is 5.11 Å². The molecule has 22 heavy (non-hydrogen) atoms. The number of aliphatic hydroxyl groups excluding tert-OH is 1. The molecule has 1 unspecified atom stereocenters. The number of hydrogen-bond acceptors (Lipinski definition) is 3. The maximum atomic E-state index is 9.58. The third kappa shape index (κ3) is 2.63. The van der Waals surface area contributed by atoms with Crippen molar-refractivity contribution >= 4 is 11.6 Å². The van der Waals surface area contributed by atoms with Gasteiger partial charge < -0.3 is 5.11 Å².